The molecule has 7 nitrogen and oxygen atoms in total. The lowest BCUT2D eigenvalue weighted by molar-refractivity contribution is 0.102. The Kier molecular flexibility index (Phi) is 5.43. The van der Waals surface area contributed by atoms with Gasteiger partial charge in [-0.1, -0.05) is 16.8 Å². The van der Waals surface area contributed by atoms with Crippen molar-refractivity contribution in [3.05, 3.63) is 65.7 Å². The predicted molar refractivity (Wildman–Crippen MR) is 104 cm³/mol. The van der Waals surface area contributed by atoms with E-state index < -0.39 is 10.8 Å². The van der Waals surface area contributed by atoms with E-state index in [1.54, 1.807) is 48.0 Å². The van der Waals surface area contributed by atoms with E-state index in [-0.39, 0.29) is 5.91 Å². The van der Waals surface area contributed by atoms with Crippen LogP contribution in [0.3, 0.4) is 0 Å². The van der Waals surface area contributed by atoms with E-state index in [0.29, 0.717) is 27.0 Å². The highest BCUT2D eigenvalue weighted by molar-refractivity contribution is 8.25. The van der Waals surface area contributed by atoms with Gasteiger partial charge in [-0.2, -0.15) is 0 Å². The van der Waals surface area contributed by atoms with Crippen LogP contribution in [0.4, 0.5) is 10.8 Å². The summed E-state index contributed by atoms with van der Waals surface area (Å²) in [5.41, 5.74) is 0.995. The molecule has 3 rings (SSSR count). The van der Waals surface area contributed by atoms with Crippen LogP contribution >= 0.6 is 22.1 Å². The highest BCUT2D eigenvalue weighted by Gasteiger charge is 2.17. The molecule has 0 radical (unpaired) electrons. The summed E-state index contributed by atoms with van der Waals surface area (Å²) >= 11 is 1.27. The van der Waals surface area contributed by atoms with Gasteiger partial charge in [0, 0.05) is 22.8 Å². The Labute approximate surface area is 156 Å². The summed E-state index contributed by atoms with van der Waals surface area (Å²) in [5, 5.41) is 4.90. The summed E-state index contributed by atoms with van der Waals surface area (Å²) in [7, 11) is -1.69. The third-order valence-corrected chi connectivity index (χ3v) is 5.66. The van der Waals surface area contributed by atoms with Gasteiger partial charge >= 0.3 is 0 Å². The Morgan fingerprint density at radius 1 is 1.19 bits per heavy atom. The highest BCUT2D eigenvalue weighted by atomic mass is 32.3. The van der Waals surface area contributed by atoms with E-state index >= 15 is 0 Å². The molecule has 0 aliphatic carbocycles. The molecule has 1 amide bonds. The molecule has 1 heterocycles. The summed E-state index contributed by atoms with van der Waals surface area (Å²) in [5.74, 6) is 0.305. The SMILES string of the molecule is COc1cccc(C(=O)Nc2ccc(S(O)(O)Nc3nccs3)cc2)c1. The van der Waals surface area contributed by atoms with Gasteiger partial charge in [0.05, 0.1) is 12.0 Å². The molecule has 0 aliphatic rings. The molecule has 9 heteroatoms. The van der Waals surface area contributed by atoms with Crippen molar-refractivity contribution in [1.82, 2.24) is 4.98 Å². The van der Waals surface area contributed by atoms with Crippen molar-refractivity contribution in [2.24, 2.45) is 0 Å². The number of amides is 1. The van der Waals surface area contributed by atoms with Crippen molar-refractivity contribution < 1.29 is 18.6 Å². The molecule has 0 fully saturated rings. The zero-order valence-corrected chi connectivity index (χ0v) is 15.4. The van der Waals surface area contributed by atoms with Crippen LogP contribution in [-0.2, 0) is 0 Å². The monoisotopic (exact) mass is 391 g/mol. The van der Waals surface area contributed by atoms with Gasteiger partial charge in [0.2, 0.25) is 5.13 Å². The average molecular weight is 391 g/mol. The first kappa shape index (κ1) is 18.2. The lowest BCUT2D eigenvalue weighted by Crippen LogP contribution is -2.12. The Bertz CT molecular complexity index is 883. The summed E-state index contributed by atoms with van der Waals surface area (Å²) in [6.07, 6.45) is 1.57. The van der Waals surface area contributed by atoms with Gasteiger partial charge in [-0.3, -0.25) is 18.6 Å². The minimum atomic E-state index is -3.22. The first-order valence-corrected chi connectivity index (χ1v) is 9.91. The number of ether oxygens (including phenoxy) is 1. The zero-order valence-electron chi connectivity index (χ0n) is 13.7. The zero-order chi connectivity index (χ0) is 18.6. The van der Waals surface area contributed by atoms with Gasteiger partial charge in [-0.05, 0) is 42.5 Å². The Hall–Kier alpha value is -2.59. The van der Waals surface area contributed by atoms with Crippen LogP contribution < -0.4 is 14.8 Å². The fraction of sp³-hybridized carbons (Fsp3) is 0.0588. The molecular formula is C17H17N3O4S2. The molecule has 26 heavy (non-hydrogen) atoms. The first-order valence-electron chi connectivity index (χ1n) is 7.49. The van der Waals surface area contributed by atoms with Gasteiger partial charge in [0.1, 0.15) is 5.75 Å². The van der Waals surface area contributed by atoms with Crippen molar-refractivity contribution in [1.29, 1.82) is 0 Å². The molecule has 3 aromatic rings. The highest BCUT2D eigenvalue weighted by Crippen LogP contribution is 2.48. The standard InChI is InChI=1S/C17H17N3O4S2/c1-24-14-4-2-3-12(11-14)16(21)19-13-5-7-15(8-6-13)26(22,23)20-17-18-9-10-25-17/h2-11,22-23H,1H3,(H,18,20)(H,19,21). The molecule has 2 aromatic carbocycles. The largest absolute Gasteiger partial charge is 0.497 e. The number of anilines is 2. The maximum atomic E-state index is 12.3. The molecule has 0 spiro atoms. The molecule has 0 atom stereocenters. The quantitative estimate of drug-likeness (QED) is 0.492. The van der Waals surface area contributed by atoms with E-state index in [0.717, 1.165) is 0 Å². The lowest BCUT2D eigenvalue weighted by atomic mass is 10.2. The van der Waals surface area contributed by atoms with Crippen molar-refractivity contribution >= 4 is 38.8 Å². The molecule has 0 bridgehead atoms. The summed E-state index contributed by atoms with van der Waals surface area (Å²) in [6.45, 7) is 0. The van der Waals surface area contributed by atoms with Gasteiger partial charge in [0.15, 0.2) is 0 Å². The number of carbonyl (C=O) groups excluding carboxylic acids is 1. The predicted octanol–water partition coefficient (Wildman–Crippen LogP) is 4.54. The van der Waals surface area contributed by atoms with E-state index in [1.165, 1.54) is 30.6 Å². The van der Waals surface area contributed by atoms with Crippen LogP contribution in [0.25, 0.3) is 0 Å². The van der Waals surface area contributed by atoms with Crippen LogP contribution in [-0.4, -0.2) is 27.1 Å². The Morgan fingerprint density at radius 2 is 1.96 bits per heavy atom. The topological polar surface area (TPSA) is 104 Å². The molecule has 1 aromatic heterocycles. The summed E-state index contributed by atoms with van der Waals surface area (Å²) < 4.78 is 28.2. The number of hydrogen-bond donors (Lipinski definition) is 4. The third kappa shape index (κ3) is 4.33. The van der Waals surface area contributed by atoms with Crippen LogP contribution in [0.1, 0.15) is 10.4 Å². The van der Waals surface area contributed by atoms with Gasteiger partial charge in [0.25, 0.3) is 5.91 Å². The fourth-order valence-corrected chi connectivity index (χ4v) is 3.99. The molecular weight excluding hydrogens is 374 g/mol. The molecule has 0 unspecified atom stereocenters. The minimum absolute atomic E-state index is 0.288. The molecule has 0 aliphatic heterocycles. The number of aromatic nitrogens is 1. The van der Waals surface area contributed by atoms with E-state index in [9.17, 15) is 13.9 Å². The van der Waals surface area contributed by atoms with Crippen LogP contribution in [0.5, 0.6) is 5.75 Å². The average Bonchev–Trinajstić information content (AvgIpc) is 3.14. The van der Waals surface area contributed by atoms with Gasteiger partial charge in [-0.25, -0.2) is 4.98 Å². The normalized spacial score (nSPS) is 11.7. The van der Waals surface area contributed by atoms with Crippen molar-refractivity contribution in [3.8, 4) is 5.75 Å². The second-order valence-corrected chi connectivity index (χ2v) is 7.87. The second-order valence-electron chi connectivity index (χ2n) is 5.20. The minimum Gasteiger partial charge on any atom is -0.497 e. The summed E-state index contributed by atoms with van der Waals surface area (Å²) in [6, 6.07) is 13.1. The van der Waals surface area contributed by atoms with E-state index in [2.05, 4.69) is 15.0 Å². The summed E-state index contributed by atoms with van der Waals surface area (Å²) in [4.78, 5) is 16.6. The first-order chi connectivity index (χ1) is 12.5. The Morgan fingerprint density at radius 3 is 2.62 bits per heavy atom. The van der Waals surface area contributed by atoms with Crippen LogP contribution in [0, 0.1) is 0 Å². The van der Waals surface area contributed by atoms with Crippen LogP contribution in [0.2, 0.25) is 0 Å². The third-order valence-electron chi connectivity index (χ3n) is 3.43. The maximum Gasteiger partial charge on any atom is 0.255 e. The van der Waals surface area contributed by atoms with Crippen LogP contribution in [0.15, 0.2) is 65.0 Å². The Balaban J connectivity index is 1.70. The molecule has 0 saturated carbocycles. The number of rotatable bonds is 6. The van der Waals surface area contributed by atoms with Crippen molar-refractivity contribution in [3.63, 3.8) is 0 Å². The molecule has 0 saturated heterocycles. The molecule has 4 N–H and O–H groups in total. The van der Waals surface area contributed by atoms with Crippen molar-refractivity contribution in [2.75, 3.05) is 17.1 Å². The number of benzene rings is 2. The second kappa shape index (κ2) is 7.75. The van der Waals surface area contributed by atoms with Crippen molar-refractivity contribution in [2.45, 2.75) is 4.90 Å². The number of hydrogen-bond acceptors (Lipinski definition) is 7. The molecule has 136 valence electrons. The van der Waals surface area contributed by atoms with E-state index in [4.69, 9.17) is 4.74 Å². The fourth-order valence-electron chi connectivity index (χ4n) is 2.15. The number of thiazole rings is 1. The lowest BCUT2D eigenvalue weighted by Gasteiger charge is -2.32. The number of nitrogens with one attached hydrogen (secondary N) is 2. The maximum absolute atomic E-state index is 12.3. The smallest absolute Gasteiger partial charge is 0.255 e. The number of methoxy groups -OCH3 is 1. The van der Waals surface area contributed by atoms with Gasteiger partial charge < -0.3 is 10.1 Å². The number of nitrogens with zero attached hydrogens (tertiary/aromatic N) is 1. The van der Waals surface area contributed by atoms with E-state index in [1.807, 2.05) is 0 Å². The number of carbonyl (C=O) groups is 1. The van der Waals surface area contributed by atoms with Gasteiger partial charge in [-0.15, -0.1) is 11.3 Å².